The van der Waals surface area contributed by atoms with E-state index in [4.69, 9.17) is 9.72 Å². The van der Waals surface area contributed by atoms with Gasteiger partial charge in [0.2, 0.25) is 0 Å². The van der Waals surface area contributed by atoms with Crippen LogP contribution in [-0.2, 0) is 13.0 Å². The van der Waals surface area contributed by atoms with Gasteiger partial charge in [-0.2, -0.15) is 0 Å². The molecule has 0 spiro atoms. The van der Waals surface area contributed by atoms with Gasteiger partial charge in [-0.15, -0.1) is 0 Å². The van der Waals surface area contributed by atoms with E-state index >= 15 is 0 Å². The maximum atomic E-state index is 12.4. The van der Waals surface area contributed by atoms with Crippen LogP contribution in [0.4, 0.5) is 0 Å². The van der Waals surface area contributed by atoms with Gasteiger partial charge in [-0.25, -0.2) is 4.98 Å². The van der Waals surface area contributed by atoms with Gasteiger partial charge in [0, 0.05) is 30.5 Å². The fraction of sp³-hybridized carbons (Fsp3) is 0.226. The highest BCUT2D eigenvalue weighted by molar-refractivity contribution is 5.94. The number of rotatable bonds is 10. The van der Waals surface area contributed by atoms with Crippen LogP contribution in [0.5, 0.6) is 5.75 Å². The quantitative estimate of drug-likeness (QED) is 0.239. The summed E-state index contributed by atoms with van der Waals surface area (Å²) in [5.74, 6) is 1.94. The molecule has 0 fully saturated rings. The highest BCUT2D eigenvalue weighted by atomic mass is 16.5. The van der Waals surface area contributed by atoms with Crippen molar-refractivity contribution in [3.63, 3.8) is 0 Å². The Balaban J connectivity index is 1.19. The van der Waals surface area contributed by atoms with Gasteiger partial charge in [0.25, 0.3) is 5.91 Å². The first-order valence-corrected chi connectivity index (χ1v) is 12.6. The van der Waals surface area contributed by atoms with Gasteiger partial charge in [-0.3, -0.25) is 4.79 Å². The molecule has 5 nitrogen and oxygen atoms in total. The maximum absolute atomic E-state index is 12.4. The smallest absolute Gasteiger partial charge is 0.251 e. The number of ether oxygens (including phenoxy) is 1. The van der Waals surface area contributed by atoms with Crippen LogP contribution in [0.25, 0.3) is 21.8 Å². The first-order chi connectivity index (χ1) is 17.7. The first-order valence-electron chi connectivity index (χ1n) is 12.6. The van der Waals surface area contributed by atoms with E-state index in [1.807, 2.05) is 61.5 Å². The van der Waals surface area contributed by atoms with Gasteiger partial charge in [0.15, 0.2) is 0 Å². The molecule has 0 bridgehead atoms. The lowest BCUT2D eigenvalue weighted by Crippen LogP contribution is -2.25. The number of imidazole rings is 1. The summed E-state index contributed by atoms with van der Waals surface area (Å²) < 4.78 is 8.46. The number of aromatic nitrogens is 2. The van der Waals surface area contributed by atoms with E-state index in [0.29, 0.717) is 18.7 Å². The number of para-hydroxylation sites is 2. The summed E-state index contributed by atoms with van der Waals surface area (Å²) in [5.41, 5.74) is 3.93. The van der Waals surface area contributed by atoms with Crippen LogP contribution in [0.1, 0.15) is 34.6 Å². The highest BCUT2D eigenvalue weighted by Gasteiger charge is 2.11. The standard InChI is InChI=1S/C31H31N3O2/c1-23-10-6-13-25(22-23)31(35)32-19-8-18-30-33-27-15-4-5-16-28(27)34(30)20-9-21-36-29-17-7-12-24-11-2-3-14-26(24)29/h2-7,10-17,22H,8-9,18-21H2,1H3,(H,32,35). The van der Waals surface area contributed by atoms with Crippen LogP contribution in [0, 0.1) is 6.92 Å². The fourth-order valence-electron chi connectivity index (χ4n) is 4.63. The maximum Gasteiger partial charge on any atom is 0.251 e. The van der Waals surface area contributed by atoms with Crippen molar-refractivity contribution in [1.82, 2.24) is 14.9 Å². The molecule has 1 amide bonds. The molecule has 5 heteroatoms. The summed E-state index contributed by atoms with van der Waals surface area (Å²) in [6.07, 6.45) is 2.50. The molecule has 1 aromatic heterocycles. The monoisotopic (exact) mass is 477 g/mol. The second kappa shape index (κ2) is 11.1. The van der Waals surface area contributed by atoms with Crippen LogP contribution in [0.2, 0.25) is 0 Å². The molecule has 0 aliphatic carbocycles. The number of amides is 1. The van der Waals surface area contributed by atoms with Crippen molar-refractivity contribution in [2.75, 3.05) is 13.2 Å². The molecule has 0 atom stereocenters. The summed E-state index contributed by atoms with van der Waals surface area (Å²) in [5, 5.41) is 5.37. The predicted molar refractivity (Wildman–Crippen MR) is 146 cm³/mol. The van der Waals surface area contributed by atoms with Crippen LogP contribution in [0.15, 0.2) is 91.0 Å². The van der Waals surface area contributed by atoms with Crippen LogP contribution >= 0.6 is 0 Å². The van der Waals surface area contributed by atoms with E-state index in [1.165, 1.54) is 5.39 Å². The lowest BCUT2D eigenvalue weighted by Gasteiger charge is -2.12. The van der Waals surface area contributed by atoms with Crippen LogP contribution < -0.4 is 10.1 Å². The van der Waals surface area contributed by atoms with Crippen molar-refractivity contribution in [1.29, 1.82) is 0 Å². The number of aryl methyl sites for hydroxylation is 3. The predicted octanol–water partition coefficient (Wildman–Crippen LogP) is 6.33. The van der Waals surface area contributed by atoms with Crippen LogP contribution in [0.3, 0.4) is 0 Å². The molecular weight excluding hydrogens is 446 g/mol. The summed E-state index contributed by atoms with van der Waals surface area (Å²) in [6, 6.07) is 30.4. The molecule has 0 aliphatic rings. The molecule has 0 unspecified atom stereocenters. The Morgan fingerprint density at radius 1 is 0.917 bits per heavy atom. The topological polar surface area (TPSA) is 56.2 Å². The van der Waals surface area contributed by atoms with E-state index in [9.17, 15) is 4.79 Å². The number of benzene rings is 4. The van der Waals surface area contributed by atoms with Crippen LogP contribution in [-0.4, -0.2) is 28.6 Å². The lowest BCUT2D eigenvalue weighted by atomic mass is 10.1. The third kappa shape index (κ3) is 5.41. The van der Waals surface area contributed by atoms with E-state index in [1.54, 1.807) is 0 Å². The molecule has 5 aromatic rings. The Morgan fingerprint density at radius 3 is 2.64 bits per heavy atom. The Kier molecular flexibility index (Phi) is 7.27. The first kappa shape index (κ1) is 23.6. The summed E-state index contributed by atoms with van der Waals surface area (Å²) >= 11 is 0. The van der Waals surface area contributed by atoms with Crippen molar-refractivity contribution >= 4 is 27.7 Å². The zero-order chi connectivity index (χ0) is 24.7. The van der Waals surface area contributed by atoms with Gasteiger partial charge >= 0.3 is 0 Å². The number of nitrogens with zero attached hydrogens (tertiary/aromatic N) is 2. The molecule has 36 heavy (non-hydrogen) atoms. The van der Waals surface area contributed by atoms with Gasteiger partial charge in [0.05, 0.1) is 17.6 Å². The minimum Gasteiger partial charge on any atom is -0.493 e. The minimum atomic E-state index is -0.0298. The summed E-state index contributed by atoms with van der Waals surface area (Å²) in [7, 11) is 0. The third-order valence-electron chi connectivity index (χ3n) is 6.41. The molecule has 182 valence electrons. The molecule has 0 radical (unpaired) electrons. The second-order valence-corrected chi connectivity index (χ2v) is 9.08. The molecule has 0 saturated carbocycles. The van der Waals surface area contributed by atoms with Gasteiger partial charge in [-0.05, 0) is 55.5 Å². The lowest BCUT2D eigenvalue weighted by molar-refractivity contribution is 0.0953. The molecule has 1 heterocycles. The Hall–Kier alpha value is -4.12. The Morgan fingerprint density at radius 2 is 1.72 bits per heavy atom. The zero-order valence-electron chi connectivity index (χ0n) is 20.6. The van der Waals surface area contributed by atoms with Gasteiger partial charge in [-0.1, -0.05) is 66.2 Å². The Bertz CT molecular complexity index is 1480. The van der Waals surface area contributed by atoms with Crippen molar-refractivity contribution in [3.8, 4) is 5.75 Å². The van der Waals surface area contributed by atoms with Crippen molar-refractivity contribution in [2.24, 2.45) is 0 Å². The number of hydrogen-bond donors (Lipinski definition) is 1. The van der Waals surface area contributed by atoms with E-state index in [-0.39, 0.29) is 5.91 Å². The average molecular weight is 478 g/mol. The van der Waals surface area contributed by atoms with E-state index in [2.05, 4.69) is 46.3 Å². The number of nitrogens with one attached hydrogen (secondary N) is 1. The second-order valence-electron chi connectivity index (χ2n) is 9.08. The van der Waals surface area contributed by atoms with Gasteiger partial charge in [0.1, 0.15) is 11.6 Å². The SMILES string of the molecule is Cc1cccc(C(=O)NCCCc2nc3ccccc3n2CCCOc2cccc3ccccc23)c1. The number of hydrogen-bond acceptors (Lipinski definition) is 3. The molecule has 5 rings (SSSR count). The van der Waals surface area contributed by atoms with E-state index in [0.717, 1.165) is 59.4 Å². The molecule has 0 aliphatic heterocycles. The molecule has 1 N–H and O–H groups in total. The summed E-state index contributed by atoms with van der Waals surface area (Å²) in [4.78, 5) is 17.3. The number of carbonyl (C=O) groups excluding carboxylic acids is 1. The highest BCUT2D eigenvalue weighted by Crippen LogP contribution is 2.25. The molecular formula is C31H31N3O2. The summed E-state index contributed by atoms with van der Waals surface area (Å²) in [6.45, 7) is 4.07. The molecule has 0 saturated heterocycles. The van der Waals surface area contributed by atoms with E-state index < -0.39 is 0 Å². The zero-order valence-corrected chi connectivity index (χ0v) is 20.6. The molecule has 4 aromatic carbocycles. The normalized spacial score (nSPS) is 11.1. The van der Waals surface area contributed by atoms with Crippen molar-refractivity contribution in [3.05, 3.63) is 108 Å². The number of fused-ring (bicyclic) bond motifs is 2. The largest absolute Gasteiger partial charge is 0.493 e. The van der Waals surface area contributed by atoms with Crippen molar-refractivity contribution in [2.45, 2.75) is 32.7 Å². The fourth-order valence-corrected chi connectivity index (χ4v) is 4.63. The third-order valence-corrected chi connectivity index (χ3v) is 6.41. The Labute approximate surface area is 211 Å². The number of carbonyl (C=O) groups is 1. The van der Waals surface area contributed by atoms with Crippen molar-refractivity contribution < 1.29 is 9.53 Å². The minimum absolute atomic E-state index is 0.0298. The average Bonchev–Trinajstić information content (AvgIpc) is 3.26. The van der Waals surface area contributed by atoms with Gasteiger partial charge < -0.3 is 14.6 Å².